The molecular weight excluding hydrogens is 462 g/mol. The monoisotopic (exact) mass is 483 g/mol. The van der Waals surface area contributed by atoms with Crippen molar-refractivity contribution < 1.29 is 24.8 Å². The molecule has 1 aliphatic heterocycles. The van der Waals surface area contributed by atoms with E-state index >= 15 is 0 Å². The number of hydrogen-bond acceptors (Lipinski definition) is 7. The largest absolute Gasteiger partial charge is 0.548 e. The lowest BCUT2D eigenvalue weighted by molar-refractivity contribution is -0.365. The lowest BCUT2D eigenvalue weighted by Crippen LogP contribution is -2.41. The molecule has 0 saturated heterocycles. The average molecular weight is 484 g/mol. The minimum atomic E-state index is -1.49. The highest BCUT2D eigenvalue weighted by molar-refractivity contribution is 7.98. The second kappa shape index (κ2) is 9.72. The SMILES string of the molecule is CSc1ccccc1-c1ccc(Cn2c3c(c(O)c(C(=O)NCC(=O)[O-])c2=O)CSC3)c[nH+]1. The number of nitrogens with zero attached hydrogens (tertiary/aromatic N) is 1. The number of benzene rings is 1. The van der Waals surface area contributed by atoms with Crippen molar-refractivity contribution >= 4 is 35.4 Å². The Labute approximate surface area is 198 Å². The molecule has 3 aromatic rings. The van der Waals surface area contributed by atoms with Crippen LogP contribution in [0, 0.1) is 0 Å². The summed E-state index contributed by atoms with van der Waals surface area (Å²) in [5, 5.41) is 23.4. The number of hydrogen-bond donors (Lipinski definition) is 2. The summed E-state index contributed by atoms with van der Waals surface area (Å²) in [4.78, 5) is 40.7. The van der Waals surface area contributed by atoms with Crippen LogP contribution in [0.1, 0.15) is 27.2 Å². The molecule has 0 fully saturated rings. The Morgan fingerprint density at radius 2 is 2.03 bits per heavy atom. The maximum atomic E-state index is 13.2. The molecule has 3 N–H and O–H groups in total. The molecule has 0 aliphatic carbocycles. The van der Waals surface area contributed by atoms with E-state index in [2.05, 4.69) is 10.3 Å². The van der Waals surface area contributed by atoms with E-state index < -0.39 is 29.5 Å². The molecule has 0 saturated carbocycles. The molecule has 0 bridgehead atoms. The number of carbonyl (C=O) groups excluding carboxylic acids is 2. The summed E-state index contributed by atoms with van der Waals surface area (Å²) < 4.78 is 1.47. The van der Waals surface area contributed by atoms with E-state index in [-0.39, 0.29) is 12.3 Å². The van der Waals surface area contributed by atoms with Crippen LogP contribution in [0.4, 0.5) is 0 Å². The van der Waals surface area contributed by atoms with Crippen LogP contribution in [-0.4, -0.2) is 34.4 Å². The van der Waals surface area contributed by atoms with Crippen molar-refractivity contribution in [2.45, 2.75) is 22.9 Å². The summed E-state index contributed by atoms with van der Waals surface area (Å²) in [6.45, 7) is -0.554. The second-order valence-electron chi connectivity index (χ2n) is 7.40. The van der Waals surface area contributed by atoms with Crippen LogP contribution in [0.5, 0.6) is 5.75 Å². The van der Waals surface area contributed by atoms with Gasteiger partial charge in [0, 0.05) is 39.3 Å². The normalized spacial score (nSPS) is 12.4. The predicted molar refractivity (Wildman–Crippen MR) is 124 cm³/mol. The van der Waals surface area contributed by atoms with E-state index in [0.717, 1.165) is 21.7 Å². The molecule has 3 heterocycles. The molecule has 33 heavy (non-hydrogen) atoms. The number of fused-ring (bicyclic) bond motifs is 1. The fourth-order valence-electron chi connectivity index (χ4n) is 3.76. The summed E-state index contributed by atoms with van der Waals surface area (Å²) in [5.41, 5.74) is 2.89. The molecule has 0 unspecified atom stereocenters. The maximum Gasteiger partial charge on any atom is 0.267 e. The highest BCUT2D eigenvalue weighted by Crippen LogP contribution is 2.36. The van der Waals surface area contributed by atoms with Gasteiger partial charge >= 0.3 is 0 Å². The first-order valence-corrected chi connectivity index (χ1v) is 12.5. The number of carboxylic acid groups (broad SMARTS) is 1. The molecule has 0 radical (unpaired) electrons. The van der Waals surface area contributed by atoms with Crippen molar-refractivity contribution in [3.05, 3.63) is 75.3 Å². The smallest absolute Gasteiger partial charge is 0.267 e. The number of amides is 1. The lowest BCUT2D eigenvalue weighted by atomic mass is 10.1. The van der Waals surface area contributed by atoms with Crippen molar-refractivity contribution in [2.24, 2.45) is 0 Å². The number of nitrogens with one attached hydrogen (secondary N) is 2. The van der Waals surface area contributed by atoms with Crippen LogP contribution < -0.4 is 21.0 Å². The van der Waals surface area contributed by atoms with Gasteiger partial charge in [-0.05, 0) is 24.5 Å². The quantitative estimate of drug-likeness (QED) is 0.481. The van der Waals surface area contributed by atoms with Gasteiger partial charge in [0.25, 0.3) is 11.5 Å². The minimum Gasteiger partial charge on any atom is -0.548 e. The zero-order valence-electron chi connectivity index (χ0n) is 17.7. The molecule has 2 aromatic heterocycles. The van der Waals surface area contributed by atoms with Gasteiger partial charge in [0.2, 0.25) is 5.69 Å². The third-order valence-electron chi connectivity index (χ3n) is 5.38. The van der Waals surface area contributed by atoms with E-state index in [1.54, 1.807) is 11.8 Å². The van der Waals surface area contributed by atoms with E-state index in [0.29, 0.717) is 22.8 Å². The van der Waals surface area contributed by atoms with Crippen LogP contribution in [-0.2, 0) is 22.8 Å². The van der Waals surface area contributed by atoms with Crippen LogP contribution in [0.25, 0.3) is 11.3 Å². The topological polar surface area (TPSA) is 126 Å². The van der Waals surface area contributed by atoms with Crippen LogP contribution in [0.3, 0.4) is 0 Å². The standard InChI is InChI=1S/C23H21N3O5S2/c1-32-18-5-3-2-4-14(18)16-7-6-13(8-24-16)10-26-17-12-33-11-15(17)21(29)20(23(26)31)22(30)25-9-19(27)28/h2-8,29H,9-12H2,1H3,(H,25,30)(H,27,28). The number of aromatic hydroxyl groups is 1. The number of pyridine rings is 2. The summed E-state index contributed by atoms with van der Waals surface area (Å²) in [6, 6.07) is 11.9. The van der Waals surface area contributed by atoms with Crippen molar-refractivity contribution in [3.8, 4) is 17.0 Å². The summed E-state index contributed by atoms with van der Waals surface area (Å²) >= 11 is 3.18. The average Bonchev–Trinajstić information content (AvgIpc) is 3.31. The zero-order chi connectivity index (χ0) is 23.5. The Morgan fingerprint density at radius 3 is 2.73 bits per heavy atom. The number of aromatic nitrogens is 2. The fraction of sp³-hybridized carbons (Fsp3) is 0.217. The molecule has 170 valence electrons. The Bertz CT molecular complexity index is 1290. The van der Waals surface area contributed by atoms with Gasteiger partial charge in [0.1, 0.15) is 11.3 Å². The van der Waals surface area contributed by atoms with Crippen molar-refractivity contribution in [2.75, 3.05) is 12.8 Å². The van der Waals surface area contributed by atoms with Crippen molar-refractivity contribution in [1.29, 1.82) is 0 Å². The van der Waals surface area contributed by atoms with Crippen LogP contribution >= 0.6 is 23.5 Å². The summed E-state index contributed by atoms with van der Waals surface area (Å²) in [7, 11) is 0. The van der Waals surface area contributed by atoms with E-state index in [1.807, 2.05) is 48.9 Å². The third kappa shape index (κ3) is 4.62. The second-order valence-corrected chi connectivity index (χ2v) is 9.23. The Kier molecular flexibility index (Phi) is 6.75. The fourth-order valence-corrected chi connectivity index (χ4v) is 5.51. The molecular formula is C23H21N3O5S2. The number of aliphatic carboxylic acids is 1. The van der Waals surface area contributed by atoms with Gasteiger partial charge in [0.15, 0.2) is 6.20 Å². The Balaban J connectivity index is 1.69. The molecule has 8 nitrogen and oxygen atoms in total. The van der Waals surface area contributed by atoms with Crippen molar-refractivity contribution in [1.82, 2.24) is 9.88 Å². The summed E-state index contributed by atoms with van der Waals surface area (Å²) in [5.74, 6) is -1.83. The van der Waals surface area contributed by atoms with E-state index in [1.165, 1.54) is 16.3 Å². The van der Waals surface area contributed by atoms with Crippen molar-refractivity contribution in [3.63, 3.8) is 0 Å². The molecule has 0 atom stereocenters. The third-order valence-corrected chi connectivity index (χ3v) is 7.14. The molecule has 1 aliphatic rings. The maximum absolute atomic E-state index is 13.2. The van der Waals surface area contributed by atoms with E-state index in [4.69, 9.17) is 0 Å². The number of H-pyrrole nitrogens is 1. The molecule has 0 spiro atoms. The van der Waals surface area contributed by atoms with Gasteiger partial charge in [-0.15, -0.1) is 11.8 Å². The first-order valence-electron chi connectivity index (χ1n) is 10.1. The van der Waals surface area contributed by atoms with Gasteiger partial charge in [0.05, 0.1) is 24.6 Å². The lowest BCUT2D eigenvalue weighted by Gasteiger charge is -2.16. The number of rotatable bonds is 7. The summed E-state index contributed by atoms with van der Waals surface area (Å²) in [6.07, 6.45) is 3.83. The molecule has 1 aromatic carbocycles. The number of carboxylic acids is 1. The Hall–Kier alpha value is -3.24. The van der Waals surface area contributed by atoms with E-state index in [9.17, 15) is 24.6 Å². The van der Waals surface area contributed by atoms with Crippen LogP contribution in [0.15, 0.2) is 52.3 Å². The van der Waals surface area contributed by atoms with Gasteiger partial charge < -0.3 is 24.9 Å². The van der Waals surface area contributed by atoms with Gasteiger partial charge in [-0.3, -0.25) is 9.59 Å². The van der Waals surface area contributed by atoms with Gasteiger partial charge in [-0.2, -0.15) is 11.8 Å². The highest BCUT2D eigenvalue weighted by atomic mass is 32.2. The van der Waals surface area contributed by atoms with Gasteiger partial charge in [-0.1, -0.05) is 12.1 Å². The predicted octanol–water partition coefficient (Wildman–Crippen LogP) is 1.03. The first-order chi connectivity index (χ1) is 15.9. The zero-order valence-corrected chi connectivity index (χ0v) is 19.3. The van der Waals surface area contributed by atoms with Gasteiger partial charge in [-0.25, -0.2) is 4.98 Å². The Morgan fingerprint density at radius 1 is 1.24 bits per heavy atom. The number of carbonyl (C=O) groups is 2. The molecule has 1 amide bonds. The molecule has 4 rings (SSSR count). The highest BCUT2D eigenvalue weighted by Gasteiger charge is 2.28. The molecule has 10 heteroatoms. The van der Waals surface area contributed by atoms with Crippen LogP contribution in [0.2, 0.25) is 0 Å². The minimum absolute atomic E-state index is 0.198. The number of thioether (sulfide) groups is 2. The first kappa shape index (κ1) is 22.9. The number of aromatic amines is 1.